The van der Waals surface area contributed by atoms with Crippen molar-refractivity contribution in [3.05, 3.63) is 53.1 Å². The quantitative estimate of drug-likeness (QED) is 0.0266. The fourth-order valence-corrected chi connectivity index (χ4v) is 13.5. The molecule has 2 aromatic rings. The number of amides is 10. The average Bonchev–Trinajstić information content (AvgIpc) is 1.60. The third kappa shape index (κ3) is 21.8. The number of ketones is 1. The Morgan fingerprint density at radius 1 is 0.688 bits per heavy atom. The zero-order chi connectivity index (χ0) is 68.6. The molecule has 2 saturated heterocycles. The van der Waals surface area contributed by atoms with E-state index in [9.17, 15) is 52.7 Å². The molecular formula is C69H102N12O15. The van der Waals surface area contributed by atoms with Gasteiger partial charge in [-0.2, -0.15) is 0 Å². The maximum absolute atomic E-state index is 14.9. The van der Waals surface area contributed by atoms with Crippen molar-refractivity contribution < 1.29 is 71.7 Å². The number of ether oxygens (including phenoxy) is 4. The Morgan fingerprint density at radius 2 is 1.33 bits per heavy atom. The smallest absolute Gasteiger partial charge is 0.289 e. The lowest BCUT2D eigenvalue weighted by Gasteiger charge is -2.38. The molecule has 3 saturated carbocycles. The van der Waals surface area contributed by atoms with Crippen molar-refractivity contribution in [3.63, 3.8) is 0 Å². The molecule has 96 heavy (non-hydrogen) atoms. The van der Waals surface area contributed by atoms with Crippen LogP contribution in [-0.4, -0.2) is 200 Å². The number of rotatable bonds is 40. The first kappa shape index (κ1) is 74.3. The number of carbonyl (C=O) groups excluding carboxylic acids is 11. The summed E-state index contributed by atoms with van der Waals surface area (Å²) in [5.41, 5.74) is 1.29. The van der Waals surface area contributed by atoms with Gasteiger partial charge in [-0.3, -0.25) is 58.1 Å². The number of likely N-dealkylation sites (tertiary alicyclic amines) is 1. The van der Waals surface area contributed by atoms with Crippen LogP contribution < -0.4 is 42.5 Å². The van der Waals surface area contributed by atoms with E-state index in [1.54, 1.807) is 17.0 Å². The fourth-order valence-electron chi connectivity index (χ4n) is 13.5. The van der Waals surface area contributed by atoms with E-state index in [2.05, 4.69) is 52.5 Å². The second kappa shape index (κ2) is 37.3. The lowest BCUT2D eigenvalue weighted by molar-refractivity contribution is -0.146. The monoisotopic (exact) mass is 1340 g/mol. The van der Waals surface area contributed by atoms with Crippen LogP contribution in [0, 0.1) is 23.2 Å². The Kier molecular flexibility index (Phi) is 28.9. The van der Waals surface area contributed by atoms with Gasteiger partial charge in [-0.05, 0) is 99.5 Å². The van der Waals surface area contributed by atoms with Crippen molar-refractivity contribution in [3.8, 4) is 0 Å². The number of nitrogens with one attached hydrogen (secondary N) is 8. The number of hydrogen-bond donors (Lipinski definition) is 8. The topological polar surface area (TPSA) is 353 Å². The van der Waals surface area contributed by atoms with E-state index in [0.717, 1.165) is 101 Å². The normalized spacial score (nSPS) is 20.3. The molecule has 27 nitrogen and oxygen atoms in total. The molecule has 1 aromatic carbocycles. The number of nitrogens with zero attached hydrogens (tertiary/aromatic N) is 4. The summed E-state index contributed by atoms with van der Waals surface area (Å²) in [6, 6.07) is 0.701. The minimum Gasteiger partial charge on any atom is -0.382 e. The van der Waals surface area contributed by atoms with E-state index >= 15 is 0 Å². The summed E-state index contributed by atoms with van der Waals surface area (Å²) >= 11 is 0. The zero-order valence-corrected chi connectivity index (χ0v) is 56.5. The summed E-state index contributed by atoms with van der Waals surface area (Å²) in [7, 11) is 0. The van der Waals surface area contributed by atoms with E-state index in [1.807, 2.05) is 33.8 Å². The molecule has 8 rings (SSSR count). The van der Waals surface area contributed by atoms with Gasteiger partial charge in [0, 0.05) is 68.4 Å². The molecule has 1 aromatic heterocycles. The molecule has 3 aliphatic carbocycles. The number of hydrogen-bond acceptors (Lipinski definition) is 18. The van der Waals surface area contributed by atoms with Crippen LogP contribution in [0.25, 0.3) is 0 Å². The first-order valence-corrected chi connectivity index (χ1v) is 35.1. The molecule has 3 aliphatic heterocycles. The number of anilines is 1. The van der Waals surface area contributed by atoms with Gasteiger partial charge in [-0.25, -0.2) is 9.97 Å². The standard InChI is InChI=1S/C69H102N12O15/c1-5-17-51(59(84)66(90)75-46-24-25-46)76-65(89)58-47-21-15-20-45(47)42-81(58)68(92)60(69(2,3)4)79-64(88)57(44-18-11-10-12-19-44)78-62(86)53-41-73-52(40-74-53)61(85)72-30-14-9-7-6-8-13-29-71-55(82)28-32-93-34-36-95-38-39-96-37-35-94-33-31-70-50-23-16-22-48-49(50)43-80(67(48)91)54-26-27-56(83)77-63(54)87/h16,22-23,40-41,44-47,51,54,57-58,60,70H,5-15,17-21,24-39,42-43H2,1-4H3,(H,71,82)(H,72,85)(H,75,90)(H,76,89)(H,78,86)(H,79,88)(H,77,83,87)/t45-,47-,51-,54?,57-,58-,60+/m0/s1. The second-order valence-corrected chi connectivity index (χ2v) is 27.3. The van der Waals surface area contributed by atoms with Crippen molar-refractivity contribution in [1.82, 2.24) is 57.0 Å². The maximum Gasteiger partial charge on any atom is 0.289 e. The summed E-state index contributed by atoms with van der Waals surface area (Å²) in [5, 5.41) is 23.0. The SMILES string of the molecule is CCC[C@H](NC(=O)[C@@H]1[C@H]2CCC[C@H]2CN1C(=O)[C@@H](NC(=O)[C@@H](NC(=O)c1cnc(C(=O)NCCCCCCCCNC(=O)CCOCCOCCOCCOCCNc2cccc3c2CN(C2CCC(=O)NC2=O)C3=O)cn1)C1CCCCC1)C(C)(C)C)C(=O)C(=O)NC1CC1. The molecule has 8 N–H and O–H groups in total. The summed E-state index contributed by atoms with van der Waals surface area (Å²) in [6.45, 7) is 12.5. The molecule has 0 bridgehead atoms. The fraction of sp³-hybridized carbons (Fsp3) is 0.696. The molecule has 0 radical (unpaired) electrons. The van der Waals surface area contributed by atoms with Crippen LogP contribution >= 0.6 is 0 Å². The molecule has 1 unspecified atom stereocenters. The van der Waals surface area contributed by atoms with E-state index in [4.69, 9.17) is 18.9 Å². The Morgan fingerprint density at radius 3 is 1.98 bits per heavy atom. The molecular weight excluding hydrogens is 1240 g/mol. The number of Topliss-reactive ketones (excluding diaryl/α,β-unsaturated/α-hetero) is 1. The molecule has 10 amide bonds. The van der Waals surface area contributed by atoms with Crippen LogP contribution in [0.2, 0.25) is 0 Å². The zero-order valence-electron chi connectivity index (χ0n) is 56.5. The second-order valence-electron chi connectivity index (χ2n) is 27.3. The number of carbonyl (C=O) groups is 11. The van der Waals surface area contributed by atoms with Gasteiger partial charge in [-0.1, -0.05) is 91.5 Å². The van der Waals surface area contributed by atoms with Crippen LogP contribution in [-0.2, 0) is 63.8 Å². The molecule has 0 spiro atoms. The predicted molar refractivity (Wildman–Crippen MR) is 353 cm³/mol. The molecule has 6 aliphatic rings. The van der Waals surface area contributed by atoms with Crippen molar-refractivity contribution in [2.45, 2.75) is 205 Å². The average molecular weight is 1340 g/mol. The van der Waals surface area contributed by atoms with Gasteiger partial charge in [0.25, 0.3) is 23.6 Å². The molecule has 528 valence electrons. The highest BCUT2D eigenvalue weighted by molar-refractivity contribution is 6.38. The Hall–Kier alpha value is -7.49. The Bertz CT molecular complexity index is 3010. The van der Waals surface area contributed by atoms with Crippen LogP contribution in [0.4, 0.5) is 5.69 Å². The van der Waals surface area contributed by atoms with Crippen LogP contribution in [0.5, 0.6) is 0 Å². The van der Waals surface area contributed by atoms with Crippen molar-refractivity contribution >= 4 is 70.5 Å². The van der Waals surface area contributed by atoms with Gasteiger partial charge in [-0.15, -0.1) is 0 Å². The van der Waals surface area contributed by atoms with Gasteiger partial charge in [0.05, 0.1) is 71.3 Å². The van der Waals surface area contributed by atoms with Gasteiger partial charge in [0.2, 0.25) is 41.2 Å². The summed E-state index contributed by atoms with van der Waals surface area (Å²) < 4.78 is 22.4. The highest BCUT2D eigenvalue weighted by Gasteiger charge is 2.53. The van der Waals surface area contributed by atoms with E-state index in [-0.39, 0.29) is 78.8 Å². The van der Waals surface area contributed by atoms with Crippen LogP contribution in [0.15, 0.2) is 30.6 Å². The Labute approximate surface area is 563 Å². The highest BCUT2D eigenvalue weighted by atomic mass is 16.6. The van der Waals surface area contributed by atoms with Gasteiger partial charge in [0.1, 0.15) is 35.6 Å². The number of benzene rings is 1. The lowest BCUT2D eigenvalue weighted by atomic mass is 9.82. The molecule has 4 heterocycles. The molecule has 5 fully saturated rings. The summed E-state index contributed by atoms with van der Waals surface area (Å²) in [4.78, 5) is 158. The number of piperidine rings is 1. The van der Waals surface area contributed by atoms with Crippen molar-refractivity contribution in [1.29, 1.82) is 0 Å². The third-order valence-electron chi connectivity index (χ3n) is 18.9. The van der Waals surface area contributed by atoms with Gasteiger partial charge < -0.3 is 66.0 Å². The van der Waals surface area contributed by atoms with Crippen molar-refractivity contribution in [2.75, 3.05) is 84.4 Å². The summed E-state index contributed by atoms with van der Waals surface area (Å²) in [6.07, 6.45) is 17.5. The highest BCUT2D eigenvalue weighted by Crippen LogP contribution is 2.43. The molecule has 27 heteroatoms. The summed E-state index contributed by atoms with van der Waals surface area (Å²) in [5.74, 6) is -5.32. The first-order valence-electron chi connectivity index (χ1n) is 35.1. The minimum absolute atomic E-state index is 0.0251. The van der Waals surface area contributed by atoms with E-state index in [1.165, 1.54) is 17.3 Å². The van der Waals surface area contributed by atoms with Gasteiger partial charge in [0.15, 0.2) is 0 Å². The first-order chi connectivity index (χ1) is 46.3. The largest absolute Gasteiger partial charge is 0.382 e. The number of imide groups is 1. The van der Waals surface area contributed by atoms with Crippen LogP contribution in [0.3, 0.4) is 0 Å². The van der Waals surface area contributed by atoms with E-state index < -0.39 is 82.8 Å². The molecule has 7 atom stereocenters. The lowest BCUT2D eigenvalue weighted by Crippen LogP contribution is -2.62. The van der Waals surface area contributed by atoms with Crippen LogP contribution in [0.1, 0.15) is 199 Å². The number of unbranched alkanes of at least 4 members (excludes halogenated alkanes) is 5. The van der Waals surface area contributed by atoms with E-state index in [0.29, 0.717) is 110 Å². The third-order valence-corrected chi connectivity index (χ3v) is 18.9. The van der Waals surface area contributed by atoms with Gasteiger partial charge >= 0.3 is 0 Å². The maximum atomic E-state index is 14.9. The Balaban J connectivity index is 0.641. The van der Waals surface area contributed by atoms with Crippen molar-refractivity contribution in [2.24, 2.45) is 23.2 Å². The number of aromatic nitrogens is 2. The number of fused-ring (bicyclic) bond motifs is 2. The minimum atomic E-state index is -1.09. The predicted octanol–water partition coefficient (Wildman–Crippen LogP) is 3.96.